The lowest BCUT2D eigenvalue weighted by molar-refractivity contribution is 0.522. The van der Waals surface area contributed by atoms with Gasteiger partial charge in [0.25, 0.3) is 0 Å². The van der Waals surface area contributed by atoms with Crippen molar-refractivity contribution in [2.45, 2.75) is 122 Å². The summed E-state index contributed by atoms with van der Waals surface area (Å²) in [5.74, 6) is 5.18. The number of aromatic nitrogens is 11. The van der Waals surface area contributed by atoms with Gasteiger partial charge in [0.1, 0.15) is 56.1 Å². The number of hydrogen-bond donors (Lipinski definition) is 0. The topological polar surface area (TPSA) is 194 Å². The molecule has 23 aromatic rings. The Morgan fingerprint density at radius 3 is 0.898 bits per heavy atom. The summed E-state index contributed by atoms with van der Waals surface area (Å²) < 4.78 is 26.7. The van der Waals surface area contributed by atoms with Gasteiger partial charge in [-0.2, -0.15) is 0 Å². The standard InChI is InChI=1S/C47H35N3O2.C40H32N4O.C35H24N4O/c1-46(2)22-21-26-19-20-27(23-37(26)46)43-48-44(32-15-9-13-30-29-12-6-8-18-39(29)51-41(30)32)50-45(49-43)33-16-10-14-31-35-24-34-28-11-5-7-17-36(28)47(3,4)38(34)25-40(35)52-42(31)33;1-39(2)18-17-23-15-16-24(20-31(23)39)36-42-37(44-38(43-36)33-14-7-8-19-41-33)27-12-9-11-26-29-21-28-25-10-5-6-13-30(25)40(3,4)32(28)22-34(29)45-35(26)27;1-35(2)27-16-7-6-13-22(27)25-19-26-23-14-10-15-24(31(23)40-30(26)20-28(25)35)33-37-32(21-11-4-3-5-12-21)38-34(39-33)29-17-8-9-18-36-29/h5-20,23-25H,21-22H2,1-4H3;5-16,19-22H,17-18H2,1-4H3;3-20H,1-2H3. The van der Waals surface area contributed by atoms with Crippen LogP contribution in [0, 0.1) is 0 Å². The van der Waals surface area contributed by atoms with E-state index in [1.54, 1.807) is 12.4 Å². The van der Waals surface area contributed by atoms with Crippen LogP contribution in [0.3, 0.4) is 0 Å². The van der Waals surface area contributed by atoms with Gasteiger partial charge in [-0.15, -0.1) is 0 Å². The van der Waals surface area contributed by atoms with Gasteiger partial charge in [-0.05, 0) is 229 Å². The van der Waals surface area contributed by atoms with Crippen molar-refractivity contribution >= 4 is 87.8 Å². The highest BCUT2D eigenvalue weighted by molar-refractivity contribution is 6.15. The van der Waals surface area contributed by atoms with Crippen molar-refractivity contribution in [3.8, 4) is 136 Å². The normalized spacial score (nSPS) is 15.0. The van der Waals surface area contributed by atoms with E-state index in [1.165, 1.54) is 89.0 Å². The van der Waals surface area contributed by atoms with E-state index in [4.69, 9.17) is 62.5 Å². The number of nitrogens with zero attached hydrogens (tertiary/aromatic N) is 11. The Labute approximate surface area is 790 Å². The first-order valence-electron chi connectivity index (χ1n) is 47.2. The zero-order valence-electron chi connectivity index (χ0n) is 77.5. The molecule has 0 unspecified atom stereocenters. The molecule has 5 aliphatic carbocycles. The van der Waals surface area contributed by atoms with Gasteiger partial charge in [0, 0.05) is 88.4 Å². The Morgan fingerprint density at radius 2 is 0.511 bits per heavy atom. The van der Waals surface area contributed by atoms with E-state index in [9.17, 15) is 0 Å². The maximum atomic E-state index is 6.83. The quantitative estimate of drug-likeness (QED) is 0.132. The van der Waals surface area contributed by atoms with Gasteiger partial charge in [0.2, 0.25) is 0 Å². The molecule has 15 nitrogen and oxygen atoms in total. The molecule has 0 N–H and O–H groups in total. The first-order chi connectivity index (χ1) is 66.6. The van der Waals surface area contributed by atoms with Crippen LogP contribution in [0.2, 0.25) is 0 Å². The number of rotatable bonds is 9. The number of benzene rings is 14. The second-order valence-corrected chi connectivity index (χ2v) is 40.1. The van der Waals surface area contributed by atoms with Crippen LogP contribution in [0.5, 0.6) is 0 Å². The van der Waals surface area contributed by atoms with Crippen LogP contribution >= 0.6 is 0 Å². The molecule has 0 fully saturated rings. The maximum Gasteiger partial charge on any atom is 0.182 e. The average Bonchev–Trinajstić information content (AvgIpc) is 1.56. The second kappa shape index (κ2) is 30.3. The molecule has 0 saturated heterocycles. The minimum absolute atomic E-state index is 0.0964. The molecule has 0 atom stereocenters. The largest absolute Gasteiger partial charge is 0.455 e. The monoisotopic (exact) mass is 1770 g/mol. The maximum absolute atomic E-state index is 6.83. The predicted molar refractivity (Wildman–Crippen MR) is 548 cm³/mol. The lowest BCUT2D eigenvalue weighted by atomic mass is 9.82. The van der Waals surface area contributed by atoms with Gasteiger partial charge in [0.15, 0.2) is 52.4 Å². The van der Waals surface area contributed by atoms with E-state index in [2.05, 4.69) is 279 Å². The summed E-state index contributed by atoms with van der Waals surface area (Å²) in [7, 11) is 0. The number of aryl methyl sites for hydroxylation is 2. The van der Waals surface area contributed by atoms with Gasteiger partial charge < -0.3 is 17.7 Å². The van der Waals surface area contributed by atoms with E-state index in [1.807, 2.05) is 109 Å². The molecular weight excluding hydrogens is 1680 g/mol. The summed E-state index contributed by atoms with van der Waals surface area (Å²) in [6.07, 6.45) is 7.99. The first kappa shape index (κ1) is 81.4. The molecule has 0 aliphatic heterocycles. The Hall–Kier alpha value is -16.4. The van der Waals surface area contributed by atoms with Gasteiger partial charge in [-0.25, -0.2) is 44.9 Å². The van der Waals surface area contributed by atoms with Crippen molar-refractivity contribution < 1.29 is 17.7 Å². The summed E-state index contributed by atoms with van der Waals surface area (Å²) in [5.41, 5.74) is 35.2. The molecule has 0 saturated carbocycles. The predicted octanol–water partition coefficient (Wildman–Crippen LogP) is 30.4. The fourth-order valence-electron chi connectivity index (χ4n) is 22.5. The third-order valence-electron chi connectivity index (χ3n) is 29.9. The van der Waals surface area contributed by atoms with Crippen LogP contribution in [-0.2, 0) is 39.9 Å². The highest BCUT2D eigenvalue weighted by atomic mass is 16.3. The fourth-order valence-corrected chi connectivity index (χ4v) is 22.5. The van der Waals surface area contributed by atoms with Crippen molar-refractivity contribution in [3.63, 3.8) is 0 Å². The van der Waals surface area contributed by atoms with E-state index in [-0.39, 0.29) is 27.1 Å². The van der Waals surface area contributed by atoms with Crippen molar-refractivity contribution in [2.24, 2.45) is 0 Å². The summed E-state index contributed by atoms with van der Waals surface area (Å²) >= 11 is 0. The molecule has 0 amide bonds. The van der Waals surface area contributed by atoms with Gasteiger partial charge in [-0.3, -0.25) is 9.97 Å². The smallest absolute Gasteiger partial charge is 0.182 e. The van der Waals surface area contributed by atoms with Gasteiger partial charge >= 0.3 is 0 Å². The van der Waals surface area contributed by atoms with Crippen molar-refractivity contribution in [3.05, 3.63) is 377 Å². The molecule has 9 aromatic heterocycles. The zero-order chi connectivity index (χ0) is 92.3. The van der Waals surface area contributed by atoms with Crippen LogP contribution in [-0.4, -0.2) is 54.8 Å². The minimum atomic E-state index is -0.123. The van der Waals surface area contributed by atoms with Crippen LogP contribution in [0.4, 0.5) is 0 Å². The van der Waals surface area contributed by atoms with E-state index < -0.39 is 0 Å². The van der Waals surface area contributed by atoms with Crippen LogP contribution in [0.25, 0.3) is 224 Å². The lowest BCUT2D eigenvalue weighted by Crippen LogP contribution is -2.14. The Bertz CT molecular complexity index is 8970. The first-order valence-corrected chi connectivity index (χ1v) is 47.2. The molecule has 0 radical (unpaired) electrons. The number of furan rings is 4. The average molecular weight is 1780 g/mol. The molecule has 137 heavy (non-hydrogen) atoms. The van der Waals surface area contributed by atoms with Crippen LogP contribution in [0.15, 0.2) is 339 Å². The summed E-state index contributed by atoms with van der Waals surface area (Å²) in [5, 5.41) is 8.51. The summed E-state index contributed by atoms with van der Waals surface area (Å²) in [6.45, 7) is 23.0. The molecular formula is C122H91N11O4. The van der Waals surface area contributed by atoms with Crippen LogP contribution in [0.1, 0.15) is 138 Å². The lowest BCUT2D eigenvalue weighted by Gasteiger charge is -2.21. The third kappa shape index (κ3) is 12.9. The highest BCUT2D eigenvalue weighted by Gasteiger charge is 2.41. The van der Waals surface area contributed by atoms with Crippen molar-refractivity contribution in [1.82, 2.24) is 54.8 Å². The van der Waals surface area contributed by atoms with E-state index in [0.717, 1.165) is 152 Å². The van der Waals surface area contributed by atoms with Crippen molar-refractivity contribution in [2.75, 3.05) is 0 Å². The molecule has 14 aromatic carbocycles. The Morgan fingerprint density at radius 1 is 0.204 bits per heavy atom. The number of fused-ring (bicyclic) bond motifs is 23. The van der Waals surface area contributed by atoms with Gasteiger partial charge in [-0.1, -0.05) is 275 Å². The van der Waals surface area contributed by atoms with E-state index >= 15 is 0 Å². The molecule has 28 rings (SSSR count). The Balaban J connectivity index is 0.000000107. The number of hydrogen-bond acceptors (Lipinski definition) is 15. The number of para-hydroxylation sites is 5. The fraction of sp³-hybridized carbons (Fsp3) is 0.156. The molecule has 0 bridgehead atoms. The molecule has 9 heterocycles. The molecule has 658 valence electrons. The van der Waals surface area contributed by atoms with Crippen LogP contribution < -0.4 is 0 Å². The van der Waals surface area contributed by atoms with E-state index in [0.29, 0.717) is 63.8 Å². The Kier molecular flexibility index (Phi) is 18.0. The third-order valence-corrected chi connectivity index (χ3v) is 29.9. The molecule has 15 heteroatoms. The highest BCUT2D eigenvalue weighted by Crippen LogP contribution is 2.56. The van der Waals surface area contributed by atoms with Gasteiger partial charge in [0.05, 0.1) is 22.3 Å². The second-order valence-electron chi connectivity index (χ2n) is 40.1. The summed E-state index contributed by atoms with van der Waals surface area (Å²) in [6, 6.07) is 108. The molecule has 5 aliphatic rings. The number of pyridine rings is 2. The zero-order valence-corrected chi connectivity index (χ0v) is 77.5. The molecule has 0 spiro atoms. The van der Waals surface area contributed by atoms with Crippen molar-refractivity contribution in [1.29, 1.82) is 0 Å². The minimum Gasteiger partial charge on any atom is -0.455 e. The summed E-state index contributed by atoms with van der Waals surface area (Å²) in [4.78, 5) is 54.4. The SMILES string of the molecule is CC1(C)CCc2ccc(-c3nc(-c4cccc5c4oc4ccccc45)nc(-c4cccc5c4oc4cc6c(cc45)-c4ccccc4C6(C)C)n3)cc21.CC1(C)CCc2ccc(-c3nc(-c4ccccn4)nc(-c4cccc5c4oc4cc6c(cc45)-c4ccccc4C6(C)C)n3)cc21.CC1(C)c2ccccc2-c2cc3c(cc21)oc1c(-c2nc(-c4ccccc4)nc(-c4ccccn4)n2)cccc13.